The number of hydrogen-bond acceptors (Lipinski definition) is 3. The molecular weight excluding hydrogens is 236 g/mol. The van der Waals surface area contributed by atoms with E-state index in [2.05, 4.69) is 40.5 Å². The molecule has 1 aliphatic rings. The molecule has 0 amide bonds. The van der Waals surface area contributed by atoms with Crippen molar-refractivity contribution in [3.05, 3.63) is 18.7 Å². The van der Waals surface area contributed by atoms with Gasteiger partial charge in [-0.1, -0.05) is 6.92 Å². The average molecular weight is 264 g/mol. The third-order valence-corrected chi connectivity index (χ3v) is 4.29. The molecule has 1 N–H and O–H groups in total. The van der Waals surface area contributed by atoms with Crippen molar-refractivity contribution in [3.8, 4) is 0 Å². The summed E-state index contributed by atoms with van der Waals surface area (Å²) in [6.07, 6.45) is 8.48. The van der Waals surface area contributed by atoms with Gasteiger partial charge in [0.25, 0.3) is 0 Å². The van der Waals surface area contributed by atoms with Crippen molar-refractivity contribution in [1.29, 1.82) is 0 Å². The highest BCUT2D eigenvalue weighted by atomic mass is 15.1. The van der Waals surface area contributed by atoms with Crippen LogP contribution in [0.2, 0.25) is 0 Å². The van der Waals surface area contributed by atoms with E-state index >= 15 is 0 Å². The number of hydrogen-bond donors (Lipinski definition) is 1. The summed E-state index contributed by atoms with van der Waals surface area (Å²) < 4.78 is 2.14. The lowest BCUT2D eigenvalue weighted by molar-refractivity contribution is 0.152. The molecule has 3 atom stereocenters. The van der Waals surface area contributed by atoms with Gasteiger partial charge in [0.1, 0.15) is 0 Å². The van der Waals surface area contributed by atoms with Crippen LogP contribution in [0.3, 0.4) is 0 Å². The molecule has 1 fully saturated rings. The zero-order valence-corrected chi connectivity index (χ0v) is 12.5. The molecule has 1 aromatic rings. The summed E-state index contributed by atoms with van der Waals surface area (Å²) in [6.45, 7) is 11.6. The Bertz CT molecular complexity index is 349. The molecule has 2 heterocycles. The van der Waals surface area contributed by atoms with Crippen molar-refractivity contribution >= 4 is 0 Å². The molecule has 0 aliphatic carbocycles. The second kappa shape index (κ2) is 7.06. The fourth-order valence-corrected chi connectivity index (χ4v) is 3.14. The molecule has 1 saturated heterocycles. The fraction of sp³-hybridized carbons (Fsp3) is 0.800. The minimum Gasteiger partial charge on any atom is -0.336 e. The Morgan fingerprint density at radius 1 is 1.42 bits per heavy atom. The highest BCUT2D eigenvalue weighted by molar-refractivity contribution is 4.83. The van der Waals surface area contributed by atoms with Crippen LogP contribution in [0.5, 0.6) is 0 Å². The van der Waals surface area contributed by atoms with E-state index in [0.29, 0.717) is 12.1 Å². The second-order valence-electron chi connectivity index (χ2n) is 5.91. The Labute approximate surface area is 117 Å². The van der Waals surface area contributed by atoms with E-state index in [1.54, 1.807) is 0 Å². The molecule has 4 heteroatoms. The van der Waals surface area contributed by atoms with Crippen LogP contribution in [-0.4, -0.2) is 46.2 Å². The second-order valence-corrected chi connectivity index (χ2v) is 5.91. The Morgan fingerprint density at radius 2 is 2.26 bits per heavy atom. The van der Waals surface area contributed by atoms with Gasteiger partial charge in [-0.3, -0.25) is 0 Å². The number of piperidine rings is 1. The van der Waals surface area contributed by atoms with Crippen molar-refractivity contribution in [2.24, 2.45) is 5.92 Å². The Kier molecular flexibility index (Phi) is 5.40. The summed E-state index contributed by atoms with van der Waals surface area (Å²) in [5.74, 6) is 0.791. The molecule has 0 bridgehead atoms. The Morgan fingerprint density at radius 3 is 2.95 bits per heavy atom. The third-order valence-electron chi connectivity index (χ3n) is 4.29. The molecule has 1 aromatic heterocycles. The predicted octanol–water partition coefficient (Wildman–Crippen LogP) is 1.98. The first-order valence-corrected chi connectivity index (χ1v) is 7.63. The number of imidazole rings is 1. The Balaban J connectivity index is 1.77. The van der Waals surface area contributed by atoms with Crippen LogP contribution in [0.15, 0.2) is 18.7 Å². The monoisotopic (exact) mass is 264 g/mol. The van der Waals surface area contributed by atoms with E-state index in [0.717, 1.165) is 12.5 Å². The predicted molar refractivity (Wildman–Crippen MR) is 79.1 cm³/mol. The highest BCUT2D eigenvalue weighted by Crippen LogP contribution is 2.19. The molecule has 19 heavy (non-hydrogen) atoms. The maximum atomic E-state index is 4.09. The van der Waals surface area contributed by atoms with Crippen molar-refractivity contribution in [1.82, 2.24) is 19.8 Å². The Hall–Kier alpha value is -0.870. The number of nitrogens with zero attached hydrogens (tertiary/aromatic N) is 3. The van der Waals surface area contributed by atoms with Gasteiger partial charge in [-0.25, -0.2) is 4.98 Å². The maximum Gasteiger partial charge on any atom is 0.0946 e. The van der Waals surface area contributed by atoms with Gasteiger partial charge < -0.3 is 14.8 Å². The lowest BCUT2D eigenvalue weighted by Crippen LogP contribution is -2.47. The molecular formula is C15H28N4. The first-order chi connectivity index (χ1) is 9.19. The van der Waals surface area contributed by atoms with Crippen LogP contribution >= 0.6 is 0 Å². The number of aromatic nitrogens is 2. The largest absolute Gasteiger partial charge is 0.336 e. The first-order valence-electron chi connectivity index (χ1n) is 7.63. The molecule has 0 radical (unpaired) electrons. The standard InChI is InChI=1S/C15H28N4/c1-4-18-8-5-6-15(11-18)14(3)17-13(2)10-19-9-7-16-12-19/h7,9,12-15,17H,4-6,8,10-11H2,1-3H3. The van der Waals surface area contributed by atoms with Gasteiger partial charge in [0, 0.05) is 37.6 Å². The topological polar surface area (TPSA) is 33.1 Å². The minimum absolute atomic E-state index is 0.487. The first kappa shape index (κ1) is 14.5. The zero-order chi connectivity index (χ0) is 13.7. The summed E-state index contributed by atoms with van der Waals surface area (Å²) >= 11 is 0. The van der Waals surface area contributed by atoms with Crippen LogP contribution in [0.25, 0.3) is 0 Å². The van der Waals surface area contributed by atoms with E-state index < -0.39 is 0 Å². The quantitative estimate of drug-likeness (QED) is 0.853. The van der Waals surface area contributed by atoms with Crippen LogP contribution < -0.4 is 5.32 Å². The van der Waals surface area contributed by atoms with E-state index in [4.69, 9.17) is 0 Å². The molecule has 1 aliphatic heterocycles. The molecule has 0 saturated carbocycles. The van der Waals surface area contributed by atoms with E-state index in [1.807, 2.05) is 18.7 Å². The van der Waals surface area contributed by atoms with Crippen LogP contribution in [0.1, 0.15) is 33.6 Å². The van der Waals surface area contributed by atoms with Crippen molar-refractivity contribution < 1.29 is 0 Å². The van der Waals surface area contributed by atoms with Gasteiger partial charge in [-0.15, -0.1) is 0 Å². The highest BCUT2D eigenvalue weighted by Gasteiger charge is 2.24. The molecule has 2 rings (SSSR count). The van der Waals surface area contributed by atoms with Gasteiger partial charge >= 0.3 is 0 Å². The molecule has 4 nitrogen and oxygen atoms in total. The lowest BCUT2D eigenvalue weighted by Gasteiger charge is -2.36. The summed E-state index contributed by atoms with van der Waals surface area (Å²) in [7, 11) is 0. The van der Waals surface area contributed by atoms with Crippen molar-refractivity contribution in [3.63, 3.8) is 0 Å². The van der Waals surface area contributed by atoms with Gasteiger partial charge in [-0.05, 0) is 45.7 Å². The number of nitrogens with one attached hydrogen (secondary N) is 1. The summed E-state index contributed by atoms with van der Waals surface area (Å²) in [6, 6.07) is 1.08. The van der Waals surface area contributed by atoms with Crippen LogP contribution in [0, 0.1) is 5.92 Å². The van der Waals surface area contributed by atoms with E-state index in [9.17, 15) is 0 Å². The normalized spacial score (nSPS) is 24.3. The molecule has 0 aromatic carbocycles. The summed E-state index contributed by atoms with van der Waals surface area (Å²) in [4.78, 5) is 6.67. The van der Waals surface area contributed by atoms with Gasteiger partial charge in [-0.2, -0.15) is 0 Å². The molecule has 3 unspecified atom stereocenters. The van der Waals surface area contributed by atoms with Crippen molar-refractivity contribution in [2.75, 3.05) is 19.6 Å². The van der Waals surface area contributed by atoms with Crippen LogP contribution in [-0.2, 0) is 6.54 Å². The van der Waals surface area contributed by atoms with E-state index in [-0.39, 0.29) is 0 Å². The van der Waals surface area contributed by atoms with E-state index in [1.165, 1.54) is 32.5 Å². The third kappa shape index (κ3) is 4.32. The van der Waals surface area contributed by atoms with Gasteiger partial charge in [0.2, 0.25) is 0 Å². The SMILES string of the molecule is CCN1CCCC(C(C)NC(C)Cn2ccnc2)C1. The smallest absolute Gasteiger partial charge is 0.0946 e. The number of rotatable bonds is 6. The zero-order valence-electron chi connectivity index (χ0n) is 12.5. The molecule has 108 valence electrons. The van der Waals surface area contributed by atoms with Gasteiger partial charge in [0.15, 0.2) is 0 Å². The average Bonchev–Trinajstić information content (AvgIpc) is 2.91. The van der Waals surface area contributed by atoms with Crippen LogP contribution in [0.4, 0.5) is 0 Å². The van der Waals surface area contributed by atoms with Gasteiger partial charge in [0.05, 0.1) is 6.33 Å². The number of likely N-dealkylation sites (tertiary alicyclic amines) is 1. The fourth-order valence-electron chi connectivity index (χ4n) is 3.14. The minimum atomic E-state index is 0.487. The maximum absolute atomic E-state index is 4.09. The summed E-state index contributed by atoms with van der Waals surface area (Å²) in [5.41, 5.74) is 0. The summed E-state index contributed by atoms with van der Waals surface area (Å²) in [5, 5.41) is 3.76. The molecule has 0 spiro atoms. The van der Waals surface area contributed by atoms with Crippen molar-refractivity contribution in [2.45, 2.75) is 52.2 Å². The lowest BCUT2D eigenvalue weighted by atomic mass is 9.91.